The van der Waals surface area contributed by atoms with Crippen molar-refractivity contribution in [2.45, 2.75) is 0 Å². The average Bonchev–Trinajstić information content (AvgIpc) is 2.49. The number of Topliss-reactive ketones (excluding diaryl/α,β-unsaturated/α-hetero) is 2. The summed E-state index contributed by atoms with van der Waals surface area (Å²) >= 11 is 0. The average molecular weight is 212 g/mol. The number of nitrogens with zero attached hydrogens (tertiary/aromatic N) is 6. The van der Waals surface area contributed by atoms with Crippen molar-refractivity contribution in [3.05, 3.63) is 21.7 Å². The van der Waals surface area contributed by atoms with Crippen LogP contribution in [0.3, 0.4) is 0 Å². The first-order chi connectivity index (χ1) is 7.58. The lowest BCUT2D eigenvalue weighted by Crippen LogP contribution is -2.31. The highest BCUT2D eigenvalue weighted by molar-refractivity contribution is 6.32. The van der Waals surface area contributed by atoms with Crippen molar-refractivity contribution < 1.29 is 9.59 Å². The second-order valence-electron chi connectivity index (χ2n) is 2.66. The number of hydrogen-bond acceptors (Lipinski definition) is 6. The molecule has 0 N–H and O–H groups in total. The zero-order valence-electron chi connectivity index (χ0n) is 7.50. The predicted molar refractivity (Wildman–Crippen MR) is 45.5 cm³/mol. The largest absolute Gasteiger partial charge is 0.291 e. The highest BCUT2D eigenvalue weighted by atomic mass is 16.2. The maximum atomic E-state index is 11.5. The van der Waals surface area contributed by atoms with Gasteiger partial charge in [0.25, 0.3) is 5.41 Å². The molecule has 1 aliphatic rings. The summed E-state index contributed by atoms with van der Waals surface area (Å²) in [5, 5.41) is 28.8. The standard InChI is InChI=1S/C8N6O2/c9-1-4-5(13-14-12)7(16)8(2-10,3-11)6(4)15. The summed E-state index contributed by atoms with van der Waals surface area (Å²) in [6, 6.07) is 3.83. The van der Waals surface area contributed by atoms with Crippen LogP contribution in [0, 0.1) is 39.4 Å². The van der Waals surface area contributed by atoms with Crippen LogP contribution in [0.4, 0.5) is 0 Å². The van der Waals surface area contributed by atoms with Crippen LogP contribution in [0.2, 0.25) is 0 Å². The predicted octanol–water partition coefficient (Wildman–Crippen LogP) is 0.260. The molecule has 0 aromatic carbocycles. The topological polar surface area (TPSA) is 154 Å². The smallest absolute Gasteiger partial charge is 0.268 e. The minimum atomic E-state index is -2.59. The highest BCUT2D eigenvalue weighted by Crippen LogP contribution is 2.35. The van der Waals surface area contributed by atoms with Gasteiger partial charge in [0.05, 0.1) is 0 Å². The number of carbonyl (C=O) groups is 2. The molecule has 0 saturated carbocycles. The van der Waals surface area contributed by atoms with Crippen molar-refractivity contribution in [1.29, 1.82) is 15.8 Å². The molecule has 8 nitrogen and oxygen atoms in total. The SMILES string of the molecule is N#CC1=C(N=[N+]=[N-])C(=O)C(C#N)(C#N)C1=O. The van der Waals surface area contributed by atoms with Crippen molar-refractivity contribution in [2.24, 2.45) is 10.5 Å². The Balaban J connectivity index is 3.62. The van der Waals surface area contributed by atoms with Crippen LogP contribution in [0.15, 0.2) is 16.4 Å². The van der Waals surface area contributed by atoms with E-state index in [4.69, 9.17) is 21.3 Å². The van der Waals surface area contributed by atoms with E-state index >= 15 is 0 Å². The summed E-state index contributed by atoms with van der Waals surface area (Å²) < 4.78 is 0. The van der Waals surface area contributed by atoms with Gasteiger partial charge in [-0.25, -0.2) is 0 Å². The van der Waals surface area contributed by atoms with Gasteiger partial charge in [-0.1, -0.05) is 5.11 Å². The first kappa shape index (κ1) is 10.9. The number of azide groups is 1. The van der Waals surface area contributed by atoms with E-state index in [1.165, 1.54) is 18.2 Å². The minimum Gasteiger partial charge on any atom is -0.291 e. The Bertz CT molecular complexity index is 588. The molecule has 0 radical (unpaired) electrons. The van der Waals surface area contributed by atoms with Gasteiger partial charge in [-0.3, -0.25) is 9.59 Å². The number of ketones is 2. The number of hydrogen-bond donors (Lipinski definition) is 0. The summed E-state index contributed by atoms with van der Waals surface area (Å²) in [6.45, 7) is 0. The molecule has 0 saturated heterocycles. The van der Waals surface area contributed by atoms with E-state index in [-0.39, 0.29) is 0 Å². The van der Waals surface area contributed by atoms with Gasteiger partial charge in [0.2, 0.25) is 11.6 Å². The number of nitriles is 3. The van der Waals surface area contributed by atoms with Crippen LogP contribution in [0.1, 0.15) is 0 Å². The molecule has 0 heterocycles. The first-order valence-corrected chi connectivity index (χ1v) is 3.70. The number of rotatable bonds is 1. The van der Waals surface area contributed by atoms with E-state index < -0.39 is 28.3 Å². The Labute approximate surface area is 88.2 Å². The molecule has 0 amide bonds. The van der Waals surface area contributed by atoms with E-state index in [1.54, 1.807) is 0 Å². The maximum absolute atomic E-state index is 11.5. The van der Waals surface area contributed by atoms with E-state index in [0.717, 1.165) is 0 Å². The van der Waals surface area contributed by atoms with Crippen molar-refractivity contribution in [2.75, 3.05) is 0 Å². The molecule has 0 aromatic rings. The molecule has 0 aromatic heterocycles. The normalized spacial score (nSPS) is 17.1. The summed E-state index contributed by atoms with van der Waals surface area (Å²) in [6.07, 6.45) is 0. The lowest BCUT2D eigenvalue weighted by molar-refractivity contribution is -0.127. The molecule has 8 heteroatoms. The zero-order chi connectivity index (χ0) is 12.3. The van der Waals surface area contributed by atoms with Crippen molar-refractivity contribution in [3.63, 3.8) is 0 Å². The van der Waals surface area contributed by atoms with Gasteiger partial charge in [-0.2, -0.15) is 15.8 Å². The van der Waals surface area contributed by atoms with E-state index in [0.29, 0.717) is 0 Å². The molecule has 0 unspecified atom stereocenters. The van der Waals surface area contributed by atoms with Gasteiger partial charge in [0.1, 0.15) is 29.5 Å². The molecule has 0 bridgehead atoms. The van der Waals surface area contributed by atoms with Crippen LogP contribution >= 0.6 is 0 Å². The fourth-order valence-electron chi connectivity index (χ4n) is 1.16. The second kappa shape index (κ2) is 3.55. The monoisotopic (exact) mass is 212 g/mol. The van der Waals surface area contributed by atoms with Gasteiger partial charge >= 0.3 is 0 Å². The summed E-state index contributed by atoms with van der Waals surface area (Å²) in [7, 11) is 0. The quantitative estimate of drug-likeness (QED) is 0.263. The summed E-state index contributed by atoms with van der Waals surface area (Å²) in [5.41, 5.74) is 4.02. The number of allylic oxidation sites excluding steroid dienone is 2. The van der Waals surface area contributed by atoms with Crippen molar-refractivity contribution in [1.82, 2.24) is 0 Å². The highest BCUT2D eigenvalue weighted by Gasteiger charge is 2.56. The van der Waals surface area contributed by atoms with Crippen LogP contribution in [0.25, 0.3) is 10.4 Å². The Morgan fingerprint density at radius 2 is 1.75 bits per heavy atom. The molecular formula is C8N6O2. The van der Waals surface area contributed by atoms with Crippen LogP contribution in [0.5, 0.6) is 0 Å². The zero-order valence-corrected chi connectivity index (χ0v) is 7.50. The lowest BCUT2D eigenvalue weighted by atomic mass is 9.85. The molecule has 0 spiro atoms. The van der Waals surface area contributed by atoms with Crippen LogP contribution < -0.4 is 0 Å². The Morgan fingerprint density at radius 1 is 1.19 bits per heavy atom. The summed E-state index contributed by atoms with van der Waals surface area (Å²) in [4.78, 5) is 25.3. The third-order valence-electron chi connectivity index (χ3n) is 1.95. The molecule has 16 heavy (non-hydrogen) atoms. The number of carbonyl (C=O) groups excluding carboxylic acids is 2. The van der Waals surface area contributed by atoms with E-state index in [1.807, 2.05) is 0 Å². The Morgan fingerprint density at radius 3 is 2.12 bits per heavy atom. The lowest BCUT2D eigenvalue weighted by Gasteiger charge is -2.04. The summed E-state index contributed by atoms with van der Waals surface area (Å²) in [5.74, 6) is -2.50. The Hall–Kier alpha value is -3.14. The van der Waals surface area contributed by atoms with Crippen molar-refractivity contribution >= 4 is 11.6 Å². The molecule has 1 rings (SSSR count). The van der Waals surface area contributed by atoms with Crippen LogP contribution in [-0.4, -0.2) is 11.6 Å². The van der Waals surface area contributed by atoms with Gasteiger partial charge in [0.15, 0.2) is 0 Å². The molecule has 1 aliphatic carbocycles. The Kier molecular flexibility index (Phi) is 2.42. The molecule has 0 aliphatic heterocycles. The first-order valence-electron chi connectivity index (χ1n) is 3.70. The molecule has 74 valence electrons. The van der Waals surface area contributed by atoms with Gasteiger partial charge < -0.3 is 0 Å². The molecule has 0 atom stereocenters. The van der Waals surface area contributed by atoms with Crippen molar-refractivity contribution in [3.8, 4) is 18.2 Å². The minimum absolute atomic E-state index is 0.758. The second-order valence-corrected chi connectivity index (χ2v) is 2.66. The van der Waals surface area contributed by atoms with E-state index in [9.17, 15) is 9.59 Å². The van der Waals surface area contributed by atoms with Gasteiger partial charge in [-0.15, -0.1) is 0 Å². The fourth-order valence-corrected chi connectivity index (χ4v) is 1.16. The molecule has 0 fully saturated rings. The van der Waals surface area contributed by atoms with Gasteiger partial charge in [-0.05, 0) is 5.53 Å². The van der Waals surface area contributed by atoms with E-state index in [2.05, 4.69) is 10.0 Å². The maximum Gasteiger partial charge on any atom is 0.268 e. The van der Waals surface area contributed by atoms with Crippen LogP contribution in [-0.2, 0) is 9.59 Å². The third kappa shape index (κ3) is 1.04. The fraction of sp³-hybridized carbons (Fsp3) is 0.125. The molecular weight excluding hydrogens is 212 g/mol. The van der Waals surface area contributed by atoms with Gasteiger partial charge in [0, 0.05) is 4.91 Å². The third-order valence-corrected chi connectivity index (χ3v) is 1.95.